The lowest BCUT2D eigenvalue weighted by atomic mass is 10.0. The third kappa shape index (κ3) is 5.58. The summed E-state index contributed by atoms with van der Waals surface area (Å²) in [6, 6.07) is 14.9. The van der Waals surface area contributed by atoms with Crippen molar-refractivity contribution in [2.45, 2.75) is 12.5 Å². The van der Waals surface area contributed by atoms with Crippen LogP contribution in [0.25, 0.3) is 6.08 Å². The molecule has 0 saturated carbocycles. The van der Waals surface area contributed by atoms with E-state index in [1.165, 1.54) is 34.6 Å². The monoisotopic (exact) mass is 494 g/mol. The molecule has 3 aromatic rings. The van der Waals surface area contributed by atoms with Crippen LogP contribution in [0.4, 0.5) is 4.39 Å². The predicted octanol–water partition coefficient (Wildman–Crippen LogP) is 4.84. The molecule has 180 valence electrons. The predicted molar refractivity (Wildman–Crippen MR) is 131 cm³/mol. The van der Waals surface area contributed by atoms with Crippen LogP contribution in [0.5, 0.6) is 11.5 Å². The number of rotatable bonds is 8. The number of hydrazone groups is 1. The molecule has 1 amide bonds. The Balaban J connectivity index is 1.50. The molecule has 1 unspecified atom stereocenters. The SMILES string of the molecule is COc1ccc(C2CC(c3cccs3)=NN2C(=O)COC(=O)/C=C/c2ccccc2F)cc1OC. The Morgan fingerprint density at radius 1 is 1.11 bits per heavy atom. The minimum absolute atomic E-state index is 0.244. The van der Waals surface area contributed by atoms with Crippen LogP contribution in [0, 0.1) is 5.82 Å². The van der Waals surface area contributed by atoms with Crippen LogP contribution in [-0.2, 0) is 14.3 Å². The molecule has 0 spiro atoms. The maximum Gasteiger partial charge on any atom is 0.331 e. The molecule has 0 bridgehead atoms. The van der Waals surface area contributed by atoms with Gasteiger partial charge in [0.05, 0.1) is 30.9 Å². The number of benzene rings is 2. The number of hydrogen-bond acceptors (Lipinski definition) is 7. The first kappa shape index (κ1) is 24.2. The first-order valence-corrected chi connectivity index (χ1v) is 11.6. The summed E-state index contributed by atoms with van der Waals surface area (Å²) in [5.74, 6) is -0.596. The van der Waals surface area contributed by atoms with Gasteiger partial charge < -0.3 is 14.2 Å². The number of esters is 1. The van der Waals surface area contributed by atoms with E-state index in [1.807, 2.05) is 23.6 Å². The smallest absolute Gasteiger partial charge is 0.331 e. The van der Waals surface area contributed by atoms with E-state index in [-0.39, 0.29) is 5.56 Å². The zero-order valence-corrected chi connectivity index (χ0v) is 20.0. The minimum Gasteiger partial charge on any atom is -0.493 e. The molecule has 1 aromatic heterocycles. The number of methoxy groups -OCH3 is 2. The van der Waals surface area contributed by atoms with Crippen LogP contribution in [-0.4, -0.2) is 43.4 Å². The van der Waals surface area contributed by atoms with Crippen molar-refractivity contribution < 1.29 is 28.2 Å². The molecule has 1 atom stereocenters. The van der Waals surface area contributed by atoms with Crippen molar-refractivity contribution in [3.05, 3.63) is 87.9 Å². The van der Waals surface area contributed by atoms with Gasteiger partial charge in [0.1, 0.15) is 5.82 Å². The Kier molecular flexibility index (Phi) is 7.57. The van der Waals surface area contributed by atoms with Crippen LogP contribution < -0.4 is 9.47 Å². The van der Waals surface area contributed by atoms with Gasteiger partial charge in [0.15, 0.2) is 18.1 Å². The third-order valence-corrected chi connectivity index (χ3v) is 6.32. The summed E-state index contributed by atoms with van der Waals surface area (Å²) in [6.45, 7) is -0.508. The number of halogens is 1. The van der Waals surface area contributed by atoms with Crippen LogP contribution in [0.2, 0.25) is 0 Å². The lowest BCUT2D eigenvalue weighted by Gasteiger charge is -2.22. The molecule has 0 N–H and O–H groups in total. The van der Waals surface area contributed by atoms with Crippen LogP contribution in [0.1, 0.15) is 28.5 Å². The van der Waals surface area contributed by atoms with E-state index < -0.39 is 30.3 Å². The lowest BCUT2D eigenvalue weighted by molar-refractivity contribution is -0.149. The van der Waals surface area contributed by atoms with E-state index in [0.717, 1.165) is 22.2 Å². The highest BCUT2D eigenvalue weighted by Crippen LogP contribution is 2.37. The van der Waals surface area contributed by atoms with Crippen LogP contribution in [0.3, 0.4) is 0 Å². The average molecular weight is 495 g/mol. The molecule has 2 heterocycles. The van der Waals surface area contributed by atoms with Crippen molar-refractivity contribution in [2.24, 2.45) is 5.10 Å². The van der Waals surface area contributed by atoms with Gasteiger partial charge in [-0.05, 0) is 41.3 Å². The van der Waals surface area contributed by atoms with E-state index >= 15 is 0 Å². The fourth-order valence-electron chi connectivity index (χ4n) is 3.67. The number of hydrogen-bond donors (Lipinski definition) is 0. The lowest BCUT2D eigenvalue weighted by Crippen LogP contribution is -2.31. The molecule has 1 aliphatic rings. The molecule has 7 nitrogen and oxygen atoms in total. The Morgan fingerprint density at radius 3 is 2.63 bits per heavy atom. The van der Waals surface area contributed by atoms with Crippen LogP contribution >= 0.6 is 11.3 Å². The van der Waals surface area contributed by atoms with Gasteiger partial charge in [0, 0.05) is 18.1 Å². The molecule has 35 heavy (non-hydrogen) atoms. The molecule has 4 rings (SSSR count). The van der Waals surface area contributed by atoms with E-state index in [2.05, 4.69) is 5.10 Å². The second-order valence-electron chi connectivity index (χ2n) is 7.56. The summed E-state index contributed by atoms with van der Waals surface area (Å²) < 4.78 is 29.6. The molecule has 1 aliphatic heterocycles. The number of nitrogens with zero attached hydrogens (tertiary/aromatic N) is 2. The van der Waals surface area contributed by atoms with Gasteiger partial charge in [-0.1, -0.05) is 30.3 Å². The Morgan fingerprint density at radius 2 is 1.91 bits per heavy atom. The summed E-state index contributed by atoms with van der Waals surface area (Å²) in [6.07, 6.45) is 2.88. The Bertz CT molecular complexity index is 1270. The van der Waals surface area contributed by atoms with Crippen molar-refractivity contribution >= 4 is 35.0 Å². The van der Waals surface area contributed by atoms with Crippen molar-refractivity contribution in [2.75, 3.05) is 20.8 Å². The zero-order chi connectivity index (χ0) is 24.8. The Labute approximate surface area is 206 Å². The number of carbonyl (C=O) groups excluding carboxylic acids is 2. The highest BCUT2D eigenvalue weighted by Gasteiger charge is 2.34. The number of thiophene rings is 1. The second kappa shape index (κ2) is 11.0. The van der Waals surface area contributed by atoms with Gasteiger partial charge in [-0.3, -0.25) is 4.79 Å². The van der Waals surface area contributed by atoms with Crippen molar-refractivity contribution in [3.8, 4) is 11.5 Å². The first-order valence-electron chi connectivity index (χ1n) is 10.7. The number of amides is 1. The zero-order valence-electron chi connectivity index (χ0n) is 19.1. The molecule has 0 aliphatic carbocycles. The van der Waals surface area contributed by atoms with Gasteiger partial charge in [0.25, 0.3) is 5.91 Å². The highest BCUT2D eigenvalue weighted by atomic mass is 32.1. The number of ether oxygens (including phenoxy) is 3. The van der Waals surface area contributed by atoms with Crippen LogP contribution in [0.15, 0.2) is 71.2 Å². The molecular weight excluding hydrogens is 471 g/mol. The van der Waals surface area contributed by atoms with E-state index in [9.17, 15) is 14.0 Å². The largest absolute Gasteiger partial charge is 0.493 e. The molecule has 0 radical (unpaired) electrons. The fraction of sp³-hybridized carbons (Fsp3) is 0.192. The standard InChI is InChI=1S/C26H23FN2O5S/c1-32-22-11-9-18(14-23(22)33-2)21-15-20(24-8-5-13-35-24)28-29(21)25(30)16-34-26(31)12-10-17-6-3-4-7-19(17)27/h3-14,21H,15-16H2,1-2H3/b12-10+. The molecule has 0 saturated heterocycles. The third-order valence-electron chi connectivity index (χ3n) is 5.41. The van der Waals surface area contributed by atoms with E-state index in [0.29, 0.717) is 17.9 Å². The van der Waals surface area contributed by atoms with Crippen molar-refractivity contribution in [1.82, 2.24) is 5.01 Å². The summed E-state index contributed by atoms with van der Waals surface area (Å²) in [7, 11) is 3.09. The normalized spacial score (nSPS) is 15.2. The molecular formula is C26H23FN2O5S. The Hall–Kier alpha value is -3.98. The molecule has 9 heteroatoms. The summed E-state index contributed by atoms with van der Waals surface area (Å²) in [5, 5.41) is 7.83. The maximum atomic E-state index is 13.7. The molecule has 0 fully saturated rings. The van der Waals surface area contributed by atoms with E-state index in [4.69, 9.17) is 14.2 Å². The second-order valence-corrected chi connectivity index (χ2v) is 8.51. The topological polar surface area (TPSA) is 77.4 Å². The summed E-state index contributed by atoms with van der Waals surface area (Å²) >= 11 is 1.53. The van der Waals surface area contributed by atoms with Gasteiger partial charge >= 0.3 is 5.97 Å². The average Bonchev–Trinajstić information content (AvgIpc) is 3.57. The highest BCUT2D eigenvalue weighted by molar-refractivity contribution is 7.12. The van der Waals surface area contributed by atoms with Gasteiger partial charge in [0.2, 0.25) is 0 Å². The summed E-state index contributed by atoms with van der Waals surface area (Å²) in [5.41, 5.74) is 1.81. The van der Waals surface area contributed by atoms with E-state index in [1.54, 1.807) is 38.5 Å². The number of carbonyl (C=O) groups is 2. The first-order chi connectivity index (χ1) is 17.0. The maximum absolute atomic E-state index is 13.7. The quantitative estimate of drug-likeness (QED) is 0.331. The minimum atomic E-state index is -0.758. The van der Waals surface area contributed by atoms with Gasteiger partial charge in [-0.2, -0.15) is 5.10 Å². The van der Waals surface area contributed by atoms with Gasteiger partial charge in [-0.25, -0.2) is 14.2 Å². The van der Waals surface area contributed by atoms with Crippen molar-refractivity contribution in [1.29, 1.82) is 0 Å². The summed E-state index contributed by atoms with van der Waals surface area (Å²) in [4.78, 5) is 26.2. The molecule has 2 aromatic carbocycles. The van der Waals surface area contributed by atoms with Gasteiger partial charge in [-0.15, -0.1) is 11.3 Å². The fourth-order valence-corrected chi connectivity index (χ4v) is 4.39. The van der Waals surface area contributed by atoms with Crippen molar-refractivity contribution in [3.63, 3.8) is 0 Å².